The van der Waals surface area contributed by atoms with E-state index in [4.69, 9.17) is 19.4 Å². The van der Waals surface area contributed by atoms with Crippen LogP contribution in [0, 0.1) is 0 Å². The highest BCUT2D eigenvalue weighted by molar-refractivity contribution is 7.87. The lowest BCUT2D eigenvalue weighted by Gasteiger charge is -2.23. The van der Waals surface area contributed by atoms with Crippen molar-refractivity contribution in [3.8, 4) is 16.9 Å². The summed E-state index contributed by atoms with van der Waals surface area (Å²) in [5.74, 6) is -3.00. The molecule has 1 aliphatic carbocycles. The van der Waals surface area contributed by atoms with Crippen molar-refractivity contribution in [2.75, 3.05) is 13.2 Å². The highest BCUT2D eigenvalue weighted by atomic mass is 32.2. The van der Waals surface area contributed by atoms with E-state index < -0.39 is 34.0 Å². The molecule has 4 aromatic rings. The van der Waals surface area contributed by atoms with Gasteiger partial charge in [-0.2, -0.15) is 8.42 Å². The summed E-state index contributed by atoms with van der Waals surface area (Å²) in [5.41, 5.74) is 10.8. The minimum absolute atomic E-state index is 0.0253. The third kappa shape index (κ3) is 5.86. The van der Waals surface area contributed by atoms with Crippen molar-refractivity contribution in [1.82, 2.24) is 0 Å². The molecular formula is C32H29NO7S. The van der Waals surface area contributed by atoms with Gasteiger partial charge in [-0.1, -0.05) is 78.9 Å². The molecule has 0 spiro atoms. The van der Waals surface area contributed by atoms with E-state index in [0.29, 0.717) is 0 Å². The van der Waals surface area contributed by atoms with Crippen molar-refractivity contribution < 1.29 is 31.7 Å². The summed E-state index contributed by atoms with van der Waals surface area (Å²) in [6.07, 6.45) is 0. The van der Waals surface area contributed by atoms with Crippen LogP contribution < -0.4 is 9.92 Å². The number of benzene rings is 4. The summed E-state index contributed by atoms with van der Waals surface area (Å²) in [5, 5.41) is 0. The van der Waals surface area contributed by atoms with E-state index in [1.165, 1.54) is 30.3 Å². The van der Waals surface area contributed by atoms with Crippen LogP contribution >= 0.6 is 0 Å². The Kier molecular flexibility index (Phi) is 8.19. The summed E-state index contributed by atoms with van der Waals surface area (Å²) in [6.45, 7) is 1.74. The number of fused-ring (bicyclic) bond motifs is 3. The Hall–Kier alpha value is -4.47. The minimum Gasteiger partial charge on any atom is -0.465 e. The molecule has 2 N–H and O–H groups in total. The fourth-order valence-corrected chi connectivity index (χ4v) is 6.02. The van der Waals surface area contributed by atoms with E-state index in [1.54, 1.807) is 31.2 Å². The van der Waals surface area contributed by atoms with E-state index in [0.717, 1.165) is 22.3 Å². The van der Waals surface area contributed by atoms with Crippen LogP contribution in [0.5, 0.6) is 5.75 Å². The molecule has 1 aliphatic rings. The van der Waals surface area contributed by atoms with Crippen molar-refractivity contribution in [3.05, 3.63) is 120 Å². The van der Waals surface area contributed by atoms with Crippen molar-refractivity contribution in [1.29, 1.82) is 0 Å². The first-order chi connectivity index (χ1) is 19.8. The third-order valence-electron chi connectivity index (χ3n) is 6.98. The molecule has 41 heavy (non-hydrogen) atoms. The van der Waals surface area contributed by atoms with Gasteiger partial charge >= 0.3 is 22.1 Å². The zero-order valence-corrected chi connectivity index (χ0v) is 23.1. The smallest absolute Gasteiger partial charge is 0.339 e. The molecular weight excluding hydrogens is 542 g/mol. The maximum Gasteiger partial charge on any atom is 0.339 e. The topological polar surface area (TPSA) is 122 Å². The predicted molar refractivity (Wildman–Crippen MR) is 153 cm³/mol. The molecule has 8 nitrogen and oxygen atoms in total. The molecule has 2 unspecified atom stereocenters. The van der Waals surface area contributed by atoms with Crippen LogP contribution in [0.3, 0.4) is 0 Å². The van der Waals surface area contributed by atoms with Crippen LogP contribution in [0.4, 0.5) is 0 Å². The van der Waals surface area contributed by atoms with Gasteiger partial charge in [-0.05, 0) is 59.0 Å². The second kappa shape index (κ2) is 12.0. The normalized spacial score (nSPS) is 13.9. The number of hydrogen-bond donors (Lipinski definition) is 1. The van der Waals surface area contributed by atoms with Gasteiger partial charge in [0.2, 0.25) is 0 Å². The monoisotopic (exact) mass is 571 g/mol. The first kappa shape index (κ1) is 28.1. The molecule has 0 amide bonds. The number of carbonyl (C=O) groups excluding carboxylic acids is 2. The second-order valence-electron chi connectivity index (χ2n) is 9.54. The number of rotatable bonds is 10. The van der Waals surface area contributed by atoms with E-state index in [2.05, 4.69) is 0 Å². The Morgan fingerprint density at radius 3 is 2.02 bits per heavy atom. The molecule has 0 saturated carbocycles. The average molecular weight is 572 g/mol. The SMILES string of the molecule is CCOC(=O)C(c1cccc(OS(=O)(=O)c2ccccc2)c1)C(N)C(=O)OCC1c2ccccc2-c2ccccc21. The van der Waals surface area contributed by atoms with Crippen LogP contribution in [0.15, 0.2) is 108 Å². The van der Waals surface area contributed by atoms with Gasteiger partial charge in [0, 0.05) is 5.92 Å². The lowest BCUT2D eigenvalue weighted by molar-refractivity contribution is -0.153. The minimum atomic E-state index is -4.13. The maximum atomic E-state index is 13.3. The van der Waals surface area contributed by atoms with Gasteiger partial charge in [-0.3, -0.25) is 9.59 Å². The molecule has 0 fully saturated rings. The van der Waals surface area contributed by atoms with Crippen molar-refractivity contribution in [2.24, 2.45) is 5.73 Å². The highest BCUT2D eigenvalue weighted by Gasteiger charge is 2.36. The Bertz CT molecular complexity index is 1620. The summed E-state index contributed by atoms with van der Waals surface area (Å²) in [7, 11) is -4.13. The molecule has 2 atom stereocenters. The van der Waals surface area contributed by atoms with Crippen LogP contribution in [0.25, 0.3) is 11.1 Å². The van der Waals surface area contributed by atoms with E-state index >= 15 is 0 Å². The van der Waals surface area contributed by atoms with Gasteiger partial charge in [0.1, 0.15) is 29.2 Å². The third-order valence-corrected chi connectivity index (χ3v) is 8.24. The molecule has 9 heteroatoms. The van der Waals surface area contributed by atoms with E-state index in [1.807, 2.05) is 48.5 Å². The maximum absolute atomic E-state index is 13.3. The van der Waals surface area contributed by atoms with Gasteiger partial charge in [0.15, 0.2) is 0 Å². The summed E-state index contributed by atoms with van der Waals surface area (Å²) >= 11 is 0. The van der Waals surface area contributed by atoms with Crippen LogP contribution in [-0.4, -0.2) is 39.6 Å². The molecule has 5 rings (SSSR count). The Labute approximate surface area is 238 Å². The average Bonchev–Trinajstić information content (AvgIpc) is 3.30. The first-order valence-corrected chi connectivity index (χ1v) is 14.6. The van der Waals surface area contributed by atoms with Gasteiger partial charge in [0.25, 0.3) is 0 Å². The zero-order valence-electron chi connectivity index (χ0n) is 22.3. The van der Waals surface area contributed by atoms with E-state index in [9.17, 15) is 18.0 Å². The fraction of sp³-hybridized carbons (Fsp3) is 0.188. The number of hydrogen-bond acceptors (Lipinski definition) is 8. The van der Waals surface area contributed by atoms with Crippen LogP contribution in [0.2, 0.25) is 0 Å². The van der Waals surface area contributed by atoms with Crippen LogP contribution in [-0.2, 0) is 29.2 Å². The summed E-state index contributed by atoms with van der Waals surface area (Å²) in [6, 6.07) is 28.0. The van der Waals surface area contributed by atoms with Crippen molar-refractivity contribution in [3.63, 3.8) is 0 Å². The predicted octanol–water partition coefficient (Wildman–Crippen LogP) is 4.78. The standard InChI is InChI=1S/C32H29NO7S/c1-2-38-31(34)29(21-11-10-12-22(19-21)40-41(36,37)23-13-4-3-5-14-23)30(33)32(35)39-20-28-26-17-8-6-15-24(26)25-16-7-9-18-27(25)28/h3-19,28-30H,2,20,33H2,1H3. The number of carbonyl (C=O) groups is 2. The van der Waals surface area contributed by atoms with Gasteiger partial charge in [0.05, 0.1) is 6.61 Å². The Morgan fingerprint density at radius 2 is 1.39 bits per heavy atom. The van der Waals surface area contributed by atoms with Crippen molar-refractivity contribution >= 4 is 22.1 Å². The number of nitrogens with two attached hydrogens (primary N) is 1. The Balaban J connectivity index is 1.36. The van der Waals surface area contributed by atoms with Gasteiger partial charge in [-0.15, -0.1) is 0 Å². The van der Waals surface area contributed by atoms with Gasteiger partial charge in [-0.25, -0.2) is 0 Å². The number of esters is 2. The highest BCUT2D eigenvalue weighted by Crippen LogP contribution is 2.44. The largest absolute Gasteiger partial charge is 0.465 e. The van der Waals surface area contributed by atoms with Crippen LogP contribution in [0.1, 0.15) is 35.4 Å². The summed E-state index contributed by atoms with van der Waals surface area (Å²) in [4.78, 5) is 26.3. The molecule has 210 valence electrons. The Morgan fingerprint density at radius 1 is 0.780 bits per heavy atom. The van der Waals surface area contributed by atoms with E-state index in [-0.39, 0.29) is 35.3 Å². The lowest BCUT2D eigenvalue weighted by atomic mass is 9.91. The molecule has 0 saturated heterocycles. The molecule has 4 aromatic carbocycles. The summed E-state index contributed by atoms with van der Waals surface area (Å²) < 4.78 is 41.7. The molecule has 0 heterocycles. The lowest BCUT2D eigenvalue weighted by Crippen LogP contribution is -2.42. The molecule has 0 aromatic heterocycles. The quantitative estimate of drug-likeness (QED) is 0.213. The van der Waals surface area contributed by atoms with Gasteiger partial charge < -0.3 is 19.4 Å². The molecule has 0 radical (unpaired) electrons. The fourth-order valence-electron chi connectivity index (χ4n) is 5.08. The van der Waals surface area contributed by atoms with Crippen molar-refractivity contribution in [2.45, 2.75) is 29.7 Å². The first-order valence-electron chi connectivity index (χ1n) is 13.2. The second-order valence-corrected chi connectivity index (χ2v) is 11.1. The molecule has 0 bridgehead atoms. The molecule has 0 aliphatic heterocycles. The number of ether oxygens (including phenoxy) is 2. The zero-order chi connectivity index (χ0) is 29.0.